The summed E-state index contributed by atoms with van der Waals surface area (Å²) in [4.78, 5) is 288. The van der Waals surface area contributed by atoms with Gasteiger partial charge in [0.05, 0.1) is 44.5 Å². The summed E-state index contributed by atoms with van der Waals surface area (Å²) in [5.41, 5.74) is 5.52. The van der Waals surface area contributed by atoms with Crippen LogP contribution >= 0.6 is 0 Å². The van der Waals surface area contributed by atoms with E-state index in [-0.39, 0.29) is 12.8 Å². The standard InChI is InChI=1S/C69H104N16O31/c1-28(2)20-39(79-65(112)44(25-51(98)99)81-64(111)43(24-50(96)97)77-57(104)32(7)73-69(116)53(33(8)87)84-66(113)41(22-36-14-12-11-13-15-36)80-63(110)42(23-49(94)95)74-35(10)89)61(108)76-37(16-18-47(90)91)59(106)75-38(17-19-48(92)93)60(107)78-40(21-29(3)4)62(109)82-45(26-52(100)101)67(114)85-54(34(9)88)68(115)72-30(5)56(103)71-31(6)58(105)83-46(27-86)55(70)102/h11-15,28-34,37-46,53-54,86-88H,16-27H2,1-10H3,(H2,70,102)(H,71,103)(H,72,115)(H,73,116)(H,74,89)(H,75,106)(H,76,108)(H,77,104)(H,78,107)(H,79,112)(H,80,110)(H,81,111)(H,82,109)(H,83,105)(H,84,113)(H,85,114)(H,90,91)(H,92,93)(H,94,95)(H,96,97)(H,98,99)(H,100,101)/t30-,31-,32-,33+,34+,37-,38-,39-,40-,41-,42-,43-,44-,45-,46-,53-,54-/m0/s1. The van der Waals surface area contributed by atoms with Gasteiger partial charge in [0.2, 0.25) is 94.5 Å². The third-order valence-corrected chi connectivity index (χ3v) is 16.5. The topological polar surface area (TPSA) is 764 Å². The number of hydrogen-bond acceptors (Lipinski definition) is 25. The molecule has 17 atom stereocenters. The van der Waals surface area contributed by atoms with E-state index in [9.17, 15) is 151 Å². The van der Waals surface area contributed by atoms with Crippen molar-refractivity contribution in [1.29, 1.82) is 0 Å². The summed E-state index contributed by atoms with van der Waals surface area (Å²) in [5.74, 6) is -31.4. The third kappa shape index (κ3) is 38.3. The van der Waals surface area contributed by atoms with E-state index in [4.69, 9.17) is 5.73 Å². The van der Waals surface area contributed by atoms with Gasteiger partial charge in [-0.3, -0.25) is 105 Å². The average molecular weight is 1650 g/mol. The van der Waals surface area contributed by atoms with Gasteiger partial charge in [-0.25, -0.2) is 0 Å². The number of aliphatic carboxylic acids is 6. The van der Waals surface area contributed by atoms with Crippen LogP contribution in [0.3, 0.4) is 0 Å². The second kappa shape index (κ2) is 49.8. The molecule has 47 nitrogen and oxygen atoms in total. The maximum atomic E-state index is 14.3. The lowest BCUT2D eigenvalue weighted by Gasteiger charge is -2.29. The molecule has 0 heterocycles. The van der Waals surface area contributed by atoms with Crippen LogP contribution in [0.25, 0.3) is 0 Å². The number of rotatable bonds is 53. The number of carbonyl (C=O) groups is 22. The van der Waals surface area contributed by atoms with Crippen molar-refractivity contribution in [3.8, 4) is 0 Å². The molecule has 47 heteroatoms. The molecule has 1 aromatic rings. The fraction of sp³-hybridized carbons (Fsp3) is 0.594. The number of benzene rings is 1. The molecule has 0 unspecified atom stereocenters. The quantitative estimate of drug-likeness (QED) is 0.0288. The minimum atomic E-state index is -2.27. The van der Waals surface area contributed by atoms with Crippen molar-refractivity contribution in [2.45, 2.75) is 243 Å². The molecule has 16 amide bonds. The Balaban J connectivity index is 3.60. The molecule has 0 aliphatic rings. The Kier molecular flexibility index (Phi) is 43.6. The minimum absolute atomic E-state index is 0.315. The maximum absolute atomic E-state index is 14.3. The number of hydrogen-bond donors (Lipinski definition) is 25. The van der Waals surface area contributed by atoms with Gasteiger partial charge in [0, 0.05) is 26.2 Å². The maximum Gasteiger partial charge on any atom is 0.305 e. The molecule has 0 aromatic heterocycles. The van der Waals surface area contributed by atoms with Gasteiger partial charge in [0.25, 0.3) is 0 Å². The Hall–Kier alpha value is -12.6. The second-order valence-electron chi connectivity index (χ2n) is 27.7. The van der Waals surface area contributed by atoms with Gasteiger partial charge in [0.15, 0.2) is 0 Å². The first-order chi connectivity index (χ1) is 53.9. The Labute approximate surface area is 662 Å². The van der Waals surface area contributed by atoms with E-state index in [1.54, 1.807) is 18.2 Å². The van der Waals surface area contributed by atoms with Crippen molar-refractivity contribution in [1.82, 2.24) is 79.8 Å². The van der Waals surface area contributed by atoms with Crippen molar-refractivity contribution < 1.29 is 151 Å². The van der Waals surface area contributed by atoms with Crippen molar-refractivity contribution >= 4 is 130 Å². The molecule has 0 aliphatic carbocycles. The molecule has 1 rings (SSSR count). The monoisotopic (exact) mass is 1650 g/mol. The highest BCUT2D eigenvalue weighted by atomic mass is 16.4. The van der Waals surface area contributed by atoms with Gasteiger partial charge in [-0.15, -0.1) is 0 Å². The van der Waals surface area contributed by atoms with Crippen LogP contribution in [-0.4, -0.2) is 286 Å². The van der Waals surface area contributed by atoms with Crippen molar-refractivity contribution in [2.75, 3.05) is 6.61 Å². The first-order valence-corrected chi connectivity index (χ1v) is 36.0. The van der Waals surface area contributed by atoms with Gasteiger partial charge >= 0.3 is 35.8 Å². The number of aliphatic hydroxyl groups is 3. The van der Waals surface area contributed by atoms with E-state index in [2.05, 4.69) is 69.1 Å². The molecule has 0 aliphatic heterocycles. The zero-order valence-corrected chi connectivity index (χ0v) is 64.9. The van der Waals surface area contributed by atoms with E-state index in [1.165, 1.54) is 39.8 Å². The highest BCUT2D eigenvalue weighted by molar-refractivity contribution is 6.02. The SMILES string of the molecule is CC(=O)N[C@@H](CC(=O)O)C(=O)N[C@@H](Cc1ccccc1)C(=O)N[C@H](C(=O)N[C@@H](C)C(=O)N[C@@H](CC(=O)O)C(=O)N[C@@H](CC(=O)O)C(=O)N[C@@H](CC(C)C)C(=O)N[C@@H](CCC(=O)O)C(=O)N[C@@H](CCC(=O)O)C(=O)N[C@@H](CC(C)C)C(=O)N[C@@H](CC(=O)O)C(=O)N[C@H](C(=O)N[C@@H](C)C(=O)N[C@@H](C)C(=O)N[C@@H](CO)C(N)=O)[C@@H](C)O)[C@@H](C)O. The summed E-state index contributed by atoms with van der Waals surface area (Å²) < 4.78 is 0. The molecule has 1 aromatic carbocycles. The Morgan fingerprint density at radius 3 is 0.871 bits per heavy atom. The van der Waals surface area contributed by atoms with Crippen LogP contribution in [0.4, 0.5) is 0 Å². The third-order valence-electron chi connectivity index (χ3n) is 16.5. The van der Waals surface area contributed by atoms with Crippen LogP contribution in [0.2, 0.25) is 0 Å². The van der Waals surface area contributed by atoms with Gasteiger partial charge in [-0.05, 0) is 77.7 Å². The van der Waals surface area contributed by atoms with Gasteiger partial charge in [-0.2, -0.15) is 0 Å². The first kappa shape index (κ1) is 101. The smallest absolute Gasteiger partial charge is 0.305 e. The lowest BCUT2D eigenvalue weighted by atomic mass is 10.0. The largest absolute Gasteiger partial charge is 0.481 e. The number of aliphatic hydroxyl groups excluding tert-OH is 3. The van der Waals surface area contributed by atoms with Crippen LogP contribution in [0, 0.1) is 11.8 Å². The number of nitrogens with two attached hydrogens (primary N) is 1. The fourth-order valence-electron chi connectivity index (χ4n) is 10.5. The summed E-state index contributed by atoms with van der Waals surface area (Å²) in [7, 11) is 0. The number of amides is 16. The number of nitrogens with one attached hydrogen (secondary N) is 15. The van der Waals surface area contributed by atoms with E-state index < -0.39 is 309 Å². The number of primary amides is 1. The summed E-state index contributed by atoms with van der Waals surface area (Å²) in [6.45, 7) is 11.4. The highest BCUT2D eigenvalue weighted by Gasteiger charge is 2.40. The number of carbonyl (C=O) groups excluding carboxylic acids is 16. The van der Waals surface area contributed by atoms with Crippen LogP contribution in [0.15, 0.2) is 30.3 Å². The predicted octanol–water partition coefficient (Wildman–Crippen LogP) is -9.46. The Morgan fingerprint density at radius 1 is 0.310 bits per heavy atom. The lowest BCUT2D eigenvalue weighted by molar-refractivity contribution is -0.143. The van der Waals surface area contributed by atoms with Gasteiger partial charge in [0.1, 0.15) is 90.6 Å². The molecule has 0 fully saturated rings. The highest BCUT2D eigenvalue weighted by Crippen LogP contribution is 2.14. The first-order valence-electron chi connectivity index (χ1n) is 36.0. The van der Waals surface area contributed by atoms with E-state index in [1.807, 2.05) is 10.6 Å². The second-order valence-corrected chi connectivity index (χ2v) is 27.7. The van der Waals surface area contributed by atoms with Crippen molar-refractivity contribution in [3.63, 3.8) is 0 Å². The molecule has 0 radical (unpaired) electrons. The van der Waals surface area contributed by atoms with Crippen LogP contribution in [-0.2, 0) is 112 Å². The van der Waals surface area contributed by atoms with Crippen molar-refractivity contribution in [3.05, 3.63) is 35.9 Å². The molecular formula is C69H104N16O31. The predicted molar refractivity (Wildman–Crippen MR) is 393 cm³/mol. The van der Waals surface area contributed by atoms with Crippen LogP contribution in [0.1, 0.15) is 139 Å². The zero-order valence-electron chi connectivity index (χ0n) is 64.9. The molecule has 646 valence electrons. The number of carboxylic acid groups (broad SMARTS) is 6. The molecule has 0 saturated carbocycles. The summed E-state index contributed by atoms with van der Waals surface area (Å²) in [6.07, 6.45) is -13.0. The number of carboxylic acids is 6. The molecule has 0 spiro atoms. The van der Waals surface area contributed by atoms with E-state index >= 15 is 0 Å². The minimum Gasteiger partial charge on any atom is -0.481 e. The van der Waals surface area contributed by atoms with E-state index in [0.29, 0.717) is 5.56 Å². The summed E-state index contributed by atoms with van der Waals surface area (Å²) in [5, 5.41) is 121. The molecule has 116 heavy (non-hydrogen) atoms. The lowest BCUT2D eigenvalue weighted by Crippen LogP contribution is -2.62. The fourth-order valence-corrected chi connectivity index (χ4v) is 10.5. The molecule has 0 bridgehead atoms. The summed E-state index contributed by atoms with van der Waals surface area (Å²) >= 11 is 0. The Bertz CT molecular complexity index is 3710. The molecular weight excluding hydrogens is 1550 g/mol. The molecule has 0 saturated heterocycles. The summed E-state index contributed by atoms with van der Waals surface area (Å²) in [6, 6.07) is -20.2. The van der Waals surface area contributed by atoms with Crippen LogP contribution < -0.4 is 85.5 Å². The molecule has 26 N–H and O–H groups in total. The zero-order chi connectivity index (χ0) is 88.9. The Morgan fingerprint density at radius 2 is 0.569 bits per heavy atom. The normalized spacial score (nSPS) is 15.4. The average Bonchev–Trinajstić information content (AvgIpc) is 0.854. The van der Waals surface area contributed by atoms with Gasteiger partial charge < -0.3 is 131 Å². The van der Waals surface area contributed by atoms with Crippen molar-refractivity contribution in [2.24, 2.45) is 17.6 Å². The van der Waals surface area contributed by atoms with E-state index in [0.717, 1.165) is 41.5 Å². The van der Waals surface area contributed by atoms with Gasteiger partial charge in [-0.1, -0.05) is 58.0 Å². The van der Waals surface area contributed by atoms with Crippen LogP contribution in [0.5, 0.6) is 0 Å².